The van der Waals surface area contributed by atoms with Crippen LogP contribution < -0.4 is 0 Å². The van der Waals surface area contributed by atoms with E-state index in [1.54, 1.807) is 21.8 Å². The lowest BCUT2D eigenvalue weighted by Crippen LogP contribution is -2.40. The molecule has 0 saturated heterocycles. The van der Waals surface area contributed by atoms with Crippen molar-refractivity contribution in [1.29, 1.82) is 0 Å². The Balaban J connectivity index is 1.55. The van der Waals surface area contributed by atoms with Gasteiger partial charge in [-0.3, -0.25) is 4.79 Å². The van der Waals surface area contributed by atoms with Gasteiger partial charge in [-0.15, -0.1) is 0 Å². The van der Waals surface area contributed by atoms with Crippen molar-refractivity contribution in [2.75, 3.05) is 6.54 Å². The zero-order valence-corrected chi connectivity index (χ0v) is 14.1. The van der Waals surface area contributed by atoms with E-state index in [1.165, 1.54) is 0 Å². The first-order valence-corrected chi connectivity index (χ1v) is 8.79. The SMILES string of the molecule is O=C(C=C1CC(F)C1)N1CCc2[nH]cnc2[C@H]1c1cc2ccccn2n1. The predicted molar refractivity (Wildman–Crippen MR) is 93.3 cm³/mol. The second-order valence-corrected chi connectivity index (χ2v) is 6.90. The van der Waals surface area contributed by atoms with Crippen molar-refractivity contribution >= 4 is 11.4 Å². The average molecular weight is 351 g/mol. The lowest BCUT2D eigenvalue weighted by Gasteiger charge is -2.34. The van der Waals surface area contributed by atoms with Gasteiger partial charge in [-0.2, -0.15) is 5.10 Å². The maximum Gasteiger partial charge on any atom is 0.247 e. The molecule has 1 atom stereocenters. The Bertz CT molecular complexity index is 979. The summed E-state index contributed by atoms with van der Waals surface area (Å²) in [5.74, 6) is -0.0948. The number of nitrogens with zero attached hydrogens (tertiary/aromatic N) is 4. The Morgan fingerprint density at radius 1 is 1.35 bits per heavy atom. The lowest BCUT2D eigenvalue weighted by molar-refractivity contribution is -0.128. The van der Waals surface area contributed by atoms with Gasteiger partial charge in [0.1, 0.15) is 12.2 Å². The number of pyridine rings is 1. The molecule has 1 saturated carbocycles. The van der Waals surface area contributed by atoms with Crippen LogP contribution in [0.3, 0.4) is 0 Å². The number of nitrogens with one attached hydrogen (secondary N) is 1. The van der Waals surface area contributed by atoms with Crippen LogP contribution >= 0.6 is 0 Å². The second kappa shape index (κ2) is 5.79. The van der Waals surface area contributed by atoms with E-state index in [0.717, 1.165) is 34.6 Å². The number of H-pyrrole nitrogens is 1. The van der Waals surface area contributed by atoms with Crippen LogP contribution in [0.25, 0.3) is 5.52 Å². The van der Waals surface area contributed by atoms with Gasteiger partial charge in [0.2, 0.25) is 5.91 Å². The molecule has 6 nitrogen and oxygen atoms in total. The van der Waals surface area contributed by atoms with Crippen LogP contribution in [0.2, 0.25) is 0 Å². The van der Waals surface area contributed by atoms with Crippen LogP contribution in [0.1, 0.15) is 36.0 Å². The fourth-order valence-electron chi connectivity index (χ4n) is 3.79. The lowest BCUT2D eigenvalue weighted by atomic mass is 9.89. The van der Waals surface area contributed by atoms with E-state index in [9.17, 15) is 9.18 Å². The molecule has 4 heterocycles. The molecular formula is C19H18FN5O. The molecule has 1 amide bonds. The molecule has 26 heavy (non-hydrogen) atoms. The van der Waals surface area contributed by atoms with Crippen LogP contribution in [-0.2, 0) is 11.2 Å². The van der Waals surface area contributed by atoms with E-state index in [1.807, 2.05) is 30.5 Å². The number of rotatable bonds is 2. The van der Waals surface area contributed by atoms with Crippen LogP contribution in [-0.4, -0.2) is 43.1 Å². The number of imidazole rings is 1. The highest BCUT2D eigenvalue weighted by Crippen LogP contribution is 2.35. The third kappa shape index (κ3) is 2.42. The Morgan fingerprint density at radius 3 is 3.04 bits per heavy atom. The standard InChI is InChI=1S/C19H18FN5O/c20-13-7-12(8-13)9-17(26)24-6-4-15-18(22-11-21-15)19(24)16-10-14-3-1-2-5-25(14)23-16/h1-3,5,9-11,13,19H,4,6-8H2,(H,21,22)/t13?,19-/m1/s1. The molecule has 3 aromatic rings. The minimum absolute atomic E-state index is 0.0948. The molecule has 7 heteroatoms. The first-order valence-electron chi connectivity index (χ1n) is 8.79. The Kier molecular flexibility index (Phi) is 3.41. The van der Waals surface area contributed by atoms with Crippen molar-refractivity contribution < 1.29 is 9.18 Å². The van der Waals surface area contributed by atoms with E-state index in [0.29, 0.717) is 19.4 Å². The largest absolute Gasteiger partial charge is 0.348 e. The monoisotopic (exact) mass is 351 g/mol. The fraction of sp³-hybridized carbons (Fsp3) is 0.316. The maximum absolute atomic E-state index is 13.1. The number of hydrogen-bond donors (Lipinski definition) is 1. The number of halogens is 1. The van der Waals surface area contributed by atoms with Crippen LogP contribution in [0.5, 0.6) is 0 Å². The molecule has 3 aromatic heterocycles. The Hall–Kier alpha value is -2.96. The van der Waals surface area contributed by atoms with Crippen molar-refractivity contribution in [3.63, 3.8) is 0 Å². The molecule has 0 unspecified atom stereocenters. The van der Waals surface area contributed by atoms with Crippen molar-refractivity contribution in [1.82, 2.24) is 24.5 Å². The molecule has 0 bridgehead atoms. The molecule has 0 radical (unpaired) electrons. The fourth-order valence-corrected chi connectivity index (χ4v) is 3.79. The number of allylic oxidation sites excluding steroid dienone is 1. The van der Waals surface area contributed by atoms with Crippen molar-refractivity contribution in [3.8, 4) is 0 Å². The second-order valence-electron chi connectivity index (χ2n) is 6.90. The normalized spacial score (nSPS) is 22.2. The molecule has 2 aliphatic rings. The van der Waals surface area contributed by atoms with E-state index in [-0.39, 0.29) is 11.9 Å². The third-order valence-electron chi connectivity index (χ3n) is 5.17. The molecule has 5 rings (SSSR count). The van der Waals surface area contributed by atoms with Crippen molar-refractivity contribution in [2.45, 2.75) is 31.5 Å². The topological polar surface area (TPSA) is 66.3 Å². The third-order valence-corrected chi connectivity index (χ3v) is 5.17. The minimum atomic E-state index is -0.803. The first-order chi connectivity index (χ1) is 12.7. The van der Waals surface area contributed by atoms with Gasteiger partial charge in [0.05, 0.1) is 23.2 Å². The number of amides is 1. The zero-order valence-electron chi connectivity index (χ0n) is 14.1. The van der Waals surface area contributed by atoms with E-state index >= 15 is 0 Å². The summed E-state index contributed by atoms with van der Waals surface area (Å²) in [6.45, 7) is 0.579. The number of carbonyl (C=O) groups is 1. The molecule has 0 spiro atoms. The summed E-state index contributed by atoms with van der Waals surface area (Å²) < 4.78 is 14.9. The van der Waals surface area contributed by atoms with Crippen LogP contribution in [0.4, 0.5) is 4.39 Å². The molecule has 1 fully saturated rings. The van der Waals surface area contributed by atoms with Gasteiger partial charge in [0.15, 0.2) is 0 Å². The smallest absolute Gasteiger partial charge is 0.247 e. The number of aromatic amines is 1. The van der Waals surface area contributed by atoms with Crippen molar-refractivity contribution in [2.24, 2.45) is 0 Å². The van der Waals surface area contributed by atoms with Gasteiger partial charge in [-0.05, 0) is 18.2 Å². The molecule has 1 N–H and O–H groups in total. The van der Waals surface area contributed by atoms with E-state index < -0.39 is 6.17 Å². The van der Waals surface area contributed by atoms with Gasteiger partial charge in [0.25, 0.3) is 0 Å². The van der Waals surface area contributed by atoms with Crippen molar-refractivity contribution in [3.05, 3.63) is 65.5 Å². The van der Waals surface area contributed by atoms with Gasteiger partial charge in [-0.25, -0.2) is 13.9 Å². The molecule has 1 aliphatic carbocycles. The maximum atomic E-state index is 13.1. The molecule has 1 aliphatic heterocycles. The summed E-state index contributed by atoms with van der Waals surface area (Å²) in [5, 5.41) is 4.66. The summed E-state index contributed by atoms with van der Waals surface area (Å²) >= 11 is 0. The van der Waals surface area contributed by atoms with Crippen LogP contribution in [0, 0.1) is 0 Å². The number of hydrogen-bond acceptors (Lipinski definition) is 3. The first kappa shape index (κ1) is 15.3. The summed E-state index contributed by atoms with van der Waals surface area (Å²) in [7, 11) is 0. The number of carbonyl (C=O) groups excluding carboxylic acids is 1. The van der Waals surface area contributed by atoms with Gasteiger partial charge in [-0.1, -0.05) is 11.6 Å². The van der Waals surface area contributed by atoms with E-state index in [4.69, 9.17) is 0 Å². The highest BCUT2D eigenvalue weighted by Gasteiger charge is 2.35. The summed E-state index contributed by atoms with van der Waals surface area (Å²) in [6.07, 6.45) is 5.80. The highest BCUT2D eigenvalue weighted by molar-refractivity contribution is 5.89. The van der Waals surface area contributed by atoms with Gasteiger partial charge >= 0.3 is 0 Å². The number of aromatic nitrogens is 4. The van der Waals surface area contributed by atoms with E-state index in [2.05, 4.69) is 15.1 Å². The molecular weight excluding hydrogens is 333 g/mol. The highest BCUT2D eigenvalue weighted by atomic mass is 19.1. The van der Waals surface area contributed by atoms with Gasteiger partial charge < -0.3 is 9.88 Å². The minimum Gasteiger partial charge on any atom is -0.348 e. The summed E-state index contributed by atoms with van der Waals surface area (Å²) in [5.41, 5.74) is 4.51. The van der Waals surface area contributed by atoms with Gasteiger partial charge in [0, 0.05) is 43.8 Å². The van der Waals surface area contributed by atoms with Crippen LogP contribution in [0.15, 0.2) is 48.4 Å². The summed E-state index contributed by atoms with van der Waals surface area (Å²) in [4.78, 5) is 22.3. The Labute approximate surface area is 149 Å². The zero-order chi connectivity index (χ0) is 17.7. The quantitative estimate of drug-likeness (QED) is 0.722. The predicted octanol–water partition coefficient (Wildman–Crippen LogP) is 2.59. The number of alkyl halides is 1. The number of fused-ring (bicyclic) bond motifs is 2. The average Bonchev–Trinajstić information content (AvgIpc) is 3.25. The molecule has 0 aromatic carbocycles. The Morgan fingerprint density at radius 2 is 2.23 bits per heavy atom. The molecule has 132 valence electrons. The summed E-state index contributed by atoms with van der Waals surface area (Å²) in [6, 6.07) is 7.51.